The number of nitrogen functional groups attached to an aromatic ring is 1. The number of anilines is 1. The minimum atomic E-state index is -4.83. The second kappa shape index (κ2) is 12.6. The summed E-state index contributed by atoms with van der Waals surface area (Å²) in [6.45, 7) is 0. The zero-order chi connectivity index (χ0) is 29.3. The first-order valence-electron chi connectivity index (χ1n) is 12.8. The molecule has 222 valence electrons. The van der Waals surface area contributed by atoms with Crippen LogP contribution < -0.4 is 16.2 Å². The number of nitrogens with two attached hydrogens (primary N) is 2. The summed E-state index contributed by atoms with van der Waals surface area (Å²) >= 11 is 6.21. The summed E-state index contributed by atoms with van der Waals surface area (Å²) in [5.74, 6) is -1.58. The van der Waals surface area contributed by atoms with Crippen molar-refractivity contribution in [3.05, 3.63) is 77.2 Å². The van der Waals surface area contributed by atoms with Gasteiger partial charge in [-0.1, -0.05) is 41.9 Å². The van der Waals surface area contributed by atoms with E-state index in [4.69, 9.17) is 37.3 Å². The number of allylic oxidation sites excluding steroid dienone is 2. The Kier molecular flexibility index (Phi) is 9.34. The molecule has 42 heavy (non-hydrogen) atoms. The van der Waals surface area contributed by atoms with Crippen molar-refractivity contribution in [2.45, 2.75) is 44.0 Å². The number of ether oxygens (including phenoxy) is 1. The van der Waals surface area contributed by atoms with Crippen molar-refractivity contribution in [3.8, 4) is 17.0 Å². The Hall–Kier alpha value is -3.80. The SMILES string of the molecule is Cl.Nc1nc(O[C@H](c2ccc(Cl)cc2-c2coc3ccccc23)C(F)(F)F)cc(C2=CCC(C[C@H](N)C(=O)O)CC2)n1. The van der Waals surface area contributed by atoms with Gasteiger partial charge >= 0.3 is 12.1 Å². The van der Waals surface area contributed by atoms with Crippen LogP contribution >= 0.6 is 24.0 Å². The highest BCUT2D eigenvalue weighted by molar-refractivity contribution is 6.31. The Bertz CT molecular complexity index is 1630. The van der Waals surface area contributed by atoms with Crippen LogP contribution in [0.2, 0.25) is 5.02 Å². The van der Waals surface area contributed by atoms with Crippen LogP contribution in [-0.2, 0) is 4.79 Å². The second-order valence-corrected chi connectivity index (χ2v) is 10.4. The van der Waals surface area contributed by atoms with E-state index in [0.717, 1.165) is 5.57 Å². The number of aromatic nitrogens is 2. The van der Waals surface area contributed by atoms with E-state index in [2.05, 4.69) is 9.97 Å². The van der Waals surface area contributed by atoms with E-state index in [1.165, 1.54) is 30.5 Å². The third-order valence-electron chi connectivity index (χ3n) is 7.08. The average Bonchev–Trinajstić information content (AvgIpc) is 3.35. The standard InChI is InChI=1S/C29H26ClF3N4O4.ClH/c30-17-9-10-19(20(12-17)21-14-40-24-4-2-1-3-18(21)24)26(29(31,32)33)41-25-13-23(36-28(35)37-25)16-7-5-15(6-8-16)11-22(34)27(38)39;/h1-4,7,9-10,12-15,22,26H,5-6,8,11,34H2,(H,38,39)(H2,35,36,37);1H/t15?,22-,26+;/m0./s1. The first-order valence-corrected chi connectivity index (χ1v) is 13.2. The smallest absolute Gasteiger partial charge is 0.429 e. The van der Waals surface area contributed by atoms with E-state index in [0.29, 0.717) is 47.9 Å². The van der Waals surface area contributed by atoms with Crippen molar-refractivity contribution >= 4 is 52.5 Å². The molecule has 1 aliphatic carbocycles. The van der Waals surface area contributed by atoms with Gasteiger partial charge in [0.2, 0.25) is 17.9 Å². The lowest BCUT2D eigenvalue weighted by Gasteiger charge is -2.25. The van der Waals surface area contributed by atoms with Gasteiger partial charge in [0.25, 0.3) is 0 Å². The van der Waals surface area contributed by atoms with E-state index in [1.807, 2.05) is 6.08 Å². The van der Waals surface area contributed by atoms with Crippen molar-refractivity contribution in [3.63, 3.8) is 0 Å². The van der Waals surface area contributed by atoms with Gasteiger partial charge in [-0.2, -0.15) is 18.2 Å². The zero-order valence-corrected chi connectivity index (χ0v) is 23.5. The molecule has 0 spiro atoms. The van der Waals surface area contributed by atoms with Gasteiger partial charge in [0.15, 0.2) is 0 Å². The van der Waals surface area contributed by atoms with Crippen molar-refractivity contribution in [1.29, 1.82) is 0 Å². The van der Waals surface area contributed by atoms with Gasteiger partial charge in [-0.05, 0) is 60.9 Å². The van der Waals surface area contributed by atoms with E-state index in [1.54, 1.807) is 24.3 Å². The summed E-state index contributed by atoms with van der Waals surface area (Å²) in [5, 5.41) is 9.94. The third kappa shape index (κ3) is 6.80. The summed E-state index contributed by atoms with van der Waals surface area (Å²) in [5.41, 5.74) is 13.6. The number of carboxylic acids is 1. The van der Waals surface area contributed by atoms with Crippen molar-refractivity contribution in [2.24, 2.45) is 11.7 Å². The maximum absolute atomic E-state index is 14.6. The lowest BCUT2D eigenvalue weighted by Crippen LogP contribution is -2.32. The molecule has 0 fully saturated rings. The molecule has 5 rings (SSSR count). The Balaban J connectivity index is 0.00000405. The first-order chi connectivity index (χ1) is 19.5. The average molecular weight is 623 g/mol. The summed E-state index contributed by atoms with van der Waals surface area (Å²) in [6, 6.07) is 11.4. The number of para-hydroxylation sites is 1. The topological polar surface area (TPSA) is 137 Å². The molecule has 5 N–H and O–H groups in total. The Morgan fingerprint density at radius 3 is 2.62 bits per heavy atom. The van der Waals surface area contributed by atoms with Crippen LogP contribution in [-0.4, -0.2) is 33.3 Å². The number of hydrogen-bond donors (Lipinski definition) is 3. The van der Waals surface area contributed by atoms with Crippen molar-refractivity contribution < 1.29 is 32.2 Å². The Labute approximate surface area is 249 Å². The van der Waals surface area contributed by atoms with Gasteiger partial charge in [-0.15, -0.1) is 12.4 Å². The number of carboxylic acid groups (broad SMARTS) is 1. The van der Waals surface area contributed by atoms with Crippen LogP contribution in [0.4, 0.5) is 19.1 Å². The van der Waals surface area contributed by atoms with Crippen molar-refractivity contribution in [1.82, 2.24) is 9.97 Å². The Morgan fingerprint density at radius 1 is 1.17 bits per heavy atom. The quantitative estimate of drug-likeness (QED) is 0.187. The highest BCUT2D eigenvalue weighted by Gasteiger charge is 2.45. The number of carbonyl (C=O) groups is 1. The van der Waals surface area contributed by atoms with Gasteiger partial charge < -0.3 is 25.7 Å². The van der Waals surface area contributed by atoms with Gasteiger partial charge in [0.1, 0.15) is 11.6 Å². The molecule has 8 nitrogen and oxygen atoms in total. The fourth-order valence-electron chi connectivity index (χ4n) is 5.07. The van der Waals surface area contributed by atoms with Gasteiger partial charge in [0, 0.05) is 27.6 Å². The molecule has 0 amide bonds. The molecule has 0 saturated carbocycles. The molecule has 2 aromatic heterocycles. The fraction of sp³-hybridized carbons (Fsp3) is 0.276. The Morgan fingerprint density at radius 2 is 1.93 bits per heavy atom. The van der Waals surface area contributed by atoms with E-state index >= 15 is 0 Å². The molecule has 0 bridgehead atoms. The molecule has 0 saturated heterocycles. The summed E-state index contributed by atoms with van der Waals surface area (Å²) < 4.78 is 54.8. The summed E-state index contributed by atoms with van der Waals surface area (Å²) in [6.07, 6.45) is -1.95. The van der Waals surface area contributed by atoms with E-state index in [9.17, 15) is 18.0 Å². The molecule has 4 aromatic rings. The maximum atomic E-state index is 14.6. The molecule has 0 radical (unpaired) electrons. The van der Waals surface area contributed by atoms with Crippen LogP contribution in [0.1, 0.15) is 43.0 Å². The lowest BCUT2D eigenvalue weighted by atomic mass is 9.84. The number of nitrogens with zero attached hydrogens (tertiary/aromatic N) is 2. The van der Waals surface area contributed by atoms with Gasteiger partial charge in [0.05, 0.1) is 12.0 Å². The lowest BCUT2D eigenvalue weighted by molar-refractivity contribution is -0.198. The van der Waals surface area contributed by atoms with E-state index < -0.39 is 24.3 Å². The molecular weight excluding hydrogens is 596 g/mol. The number of halogens is 5. The normalized spacial score (nSPS) is 16.8. The zero-order valence-electron chi connectivity index (χ0n) is 22.0. The fourth-order valence-corrected chi connectivity index (χ4v) is 5.24. The first kappa shape index (κ1) is 31.1. The number of alkyl halides is 3. The molecule has 1 aliphatic rings. The highest BCUT2D eigenvalue weighted by Crippen LogP contribution is 2.44. The summed E-state index contributed by atoms with van der Waals surface area (Å²) in [4.78, 5) is 19.2. The number of rotatable bonds is 8. The number of aliphatic carboxylic acids is 1. The number of hydrogen-bond acceptors (Lipinski definition) is 7. The molecule has 1 unspecified atom stereocenters. The second-order valence-electron chi connectivity index (χ2n) is 9.92. The molecular formula is C29H27Cl2F3N4O4. The maximum Gasteiger partial charge on any atom is 0.429 e. The van der Waals surface area contributed by atoms with E-state index in [-0.39, 0.29) is 46.3 Å². The van der Waals surface area contributed by atoms with Gasteiger partial charge in [-0.25, -0.2) is 4.98 Å². The number of furan rings is 1. The molecule has 13 heteroatoms. The highest BCUT2D eigenvalue weighted by atomic mass is 35.5. The third-order valence-corrected chi connectivity index (χ3v) is 7.31. The monoisotopic (exact) mass is 622 g/mol. The van der Waals surface area contributed by atoms with Crippen molar-refractivity contribution in [2.75, 3.05) is 5.73 Å². The minimum Gasteiger partial charge on any atom is -0.480 e. The molecule has 0 aliphatic heterocycles. The predicted octanol–water partition coefficient (Wildman–Crippen LogP) is 7.22. The van der Waals surface area contributed by atoms with Gasteiger partial charge in [-0.3, -0.25) is 4.79 Å². The molecule has 3 atom stereocenters. The number of benzene rings is 2. The van der Waals surface area contributed by atoms with Crippen LogP contribution in [0.25, 0.3) is 27.7 Å². The van der Waals surface area contributed by atoms with Crippen LogP contribution in [0.15, 0.2) is 65.3 Å². The molecule has 2 heterocycles. The van der Waals surface area contributed by atoms with Crippen LogP contribution in [0.5, 0.6) is 5.88 Å². The molecule has 2 aromatic carbocycles. The van der Waals surface area contributed by atoms with Crippen LogP contribution in [0.3, 0.4) is 0 Å². The minimum absolute atomic E-state index is 0. The predicted molar refractivity (Wildman–Crippen MR) is 155 cm³/mol. The van der Waals surface area contributed by atoms with Crippen LogP contribution in [0, 0.1) is 5.92 Å². The summed E-state index contributed by atoms with van der Waals surface area (Å²) in [7, 11) is 0. The number of fused-ring (bicyclic) bond motifs is 1. The largest absolute Gasteiger partial charge is 0.480 e.